The summed E-state index contributed by atoms with van der Waals surface area (Å²) in [5.41, 5.74) is 1.17. The van der Waals surface area contributed by atoms with E-state index >= 15 is 0 Å². The summed E-state index contributed by atoms with van der Waals surface area (Å²) < 4.78 is 5.05. The summed E-state index contributed by atoms with van der Waals surface area (Å²) in [4.78, 5) is 35.0. The Morgan fingerprint density at radius 2 is 1.82 bits per heavy atom. The summed E-state index contributed by atoms with van der Waals surface area (Å²) in [6.45, 7) is 5.34. The second-order valence-corrected chi connectivity index (χ2v) is 7.63. The summed E-state index contributed by atoms with van der Waals surface area (Å²) in [6.07, 6.45) is 7.01. The third kappa shape index (κ3) is 5.56. The number of nitrogens with one attached hydrogen (secondary N) is 2. The highest BCUT2D eigenvalue weighted by molar-refractivity contribution is 5.92. The molecule has 2 N–H and O–H groups in total. The van der Waals surface area contributed by atoms with Crippen LogP contribution in [0.4, 0.5) is 10.7 Å². The van der Waals surface area contributed by atoms with Crippen LogP contribution in [0.3, 0.4) is 0 Å². The number of carbonyl (C=O) groups excluding carboxylic acids is 2. The van der Waals surface area contributed by atoms with Crippen molar-refractivity contribution < 1.29 is 14.3 Å². The molecule has 0 radical (unpaired) electrons. The lowest BCUT2D eigenvalue weighted by Gasteiger charge is -2.31. The Hall–Kier alpha value is -2.38. The number of carbonyl (C=O) groups is 2. The number of hydrogen-bond acceptors (Lipinski definition) is 6. The maximum absolute atomic E-state index is 12.6. The average molecular weight is 390 g/mol. The smallest absolute Gasteiger partial charge is 0.409 e. The van der Waals surface area contributed by atoms with Gasteiger partial charge in [-0.2, -0.15) is 0 Å². The zero-order valence-electron chi connectivity index (χ0n) is 16.9. The van der Waals surface area contributed by atoms with E-state index in [1.807, 2.05) is 13.8 Å². The quantitative estimate of drug-likeness (QED) is 0.804. The largest absolute Gasteiger partial charge is 0.450 e. The summed E-state index contributed by atoms with van der Waals surface area (Å²) in [5, 5.41) is 6.44. The molecule has 2 heterocycles. The lowest BCUT2D eigenvalue weighted by molar-refractivity contribution is 0.0920. The van der Waals surface area contributed by atoms with Gasteiger partial charge in [-0.25, -0.2) is 14.8 Å². The van der Waals surface area contributed by atoms with Gasteiger partial charge in [-0.3, -0.25) is 4.79 Å². The van der Waals surface area contributed by atoms with Gasteiger partial charge in [-0.15, -0.1) is 0 Å². The van der Waals surface area contributed by atoms with Crippen LogP contribution in [0.15, 0.2) is 6.07 Å². The van der Waals surface area contributed by atoms with Crippen molar-refractivity contribution in [2.24, 2.45) is 0 Å². The van der Waals surface area contributed by atoms with Crippen LogP contribution in [0.2, 0.25) is 0 Å². The van der Waals surface area contributed by atoms with Crippen LogP contribution in [-0.4, -0.2) is 58.6 Å². The van der Waals surface area contributed by atoms with Crippen LogP contribution in [-0.2, 0) is 4.74 Å². The molecule has 1 saturated heterocycles. The molecular formula is C20H31N5O3. The molecular weight excluding hydrogens is 358 g/mol. The molecule has 154 valence electrons. The van der Waals surface area contributed by atoms with E-state index in [1.165, 1.54) is 19.3 Å². The highest BCUT2D eigenvalue weighted by atomic mass is 16.6. The van der Waals surface area contributed by atoms with E-state index in [0.29, 0.717) is 31.3 Å². The van der Waals surface area contributed by atoms with Gasteiger partial charge in [-0.1, -0.05) is 19.3 Å². The highest BCUT2D eigenvalue weighted by Crippen LogP contribution is 2.19. The van der Waals surface area contributed by atoms with Gasteiger partial charge in [-0.05, 0) is 45.6 Å². The number of ether oxygens (including phenoxy) is 1. The normalized spacial score (nSPS) is 18.6. The molecule has 1 aromatic rings. The summed E-state index contributed by atoms with van der Waals surface area (Å²) in [5.74, 6) is 0.348. The fourth-order valence-corrected chi connectivity index (χ4v) is 3.86. The summed E-state index contributed by atoms with van der Waals surface area (Å²) in [7, 11) is 0. The summed E-state index contributed by atoms with van der Waals surface area (Å²) in [6, 6.07) is 2.15. The molecule has 2 aliphatic rings. The average Bonchev–Trinajstić information content (AvgIpc) is 2.69. The number of aryl methyl sites for hydroxylation is 1. The molecule has 1 aliphatic heterocycles. The predicted molar refractivity (Wildman–Crippen MR) is 106 cm³/mol. The fraction of sp³-hybridized carbons (Fsp3) is 0.700. The van der Waals surface area contributed by atoms with Crippen LogP contribution < -0.4 is 10.6 Å². The van der Waals surface area contributed by atoms with E-state index in [9.17, 15) is 9.59 Å². The molecule has 0 bridgehead atoms. The van der Waals surface area contributed by atoms with Crippen molar-refractivity contribution in [2.45, 2.75) is 70.9 Å². The first kappa shape index (κ1) is 20.4. The monoisotopic (exact) mass is 389 g/mol. The number of aromatic nitrogens is 2. The minimum Gasteiger partial charge on any atom is -0.450 e. The number of anilines is 1. The SMILES string of the molecule is CCOC(=O)N1CCC(Nc2nc(C)cc(C(=O)NC3CCCCC3)n2)CC1. The van der Waals surface area contributed by atoms with Crippen LogP contribution >= 0.6 is 0 Å². The van der Waals surface area contributed by atoms with Gasteiger partial charge in [0.05, 0.1) is 6.61 Å². The number of likely N-dealkylation sites (tertiary alicyclic amines) is 1. The van der Waals surface area contributed by atoms with Crippen molar-refractivity contribution in [3.63, 3.8) is 0 Å². The van der Waals surface area contributed by atoms with Crippen LogP contribution in [0.1, 0.15) is 68.1 Å². The Labute approximate surface area is 166 Å². The van der Waals surface area contributed by atoms with E-state index in [4.69, 9.17) is 4.74 Å². The lowest BCUT2D eigenvalue weighted by Crippen LogP contribution is -2.43. The third-order valence-corrected chi connectivity index (χ3v) is 5.38. The van der Waals surface area contributed by atoms with Crippen molar-refractivity contribution in [1.82, 2.24) is 20.2 Å². The van der Waals surface area contributed by atoms with E-state index in [-0.39, 0.29) is 24.1 Å². The molecule has 0 atom stereocenters. The topological polar surface area (TPSA) is 96.5 Å². The molecule has 0 spiro atoms. The van der Waals surface area contributed by atoms with Gasteiger partial charge in [0.1, 0.15) is 5.69 Å². The number of rotatable bonds is 5. The molecule has 8 nitrogen and oxygen atoms in total. The van der Waals surface area contributed by atoms with Crippen molar-refractivity contribution in [3.05, 3.63) is 17.5 Å². The van der Waals surface area contributed by atoms with Crippen molar-refractivity contribution in [1.29, 1.82) is 0 Å². The fourth-order valence-electron chi connectivity index (χ4n) is 3.86. The maximum Gasteiger partial charge on any atom is 0.409 e. The molecule has 1 saturated carbocycles. The minimum absolute atomic E-state index is 0.127. The van der Waals surface area contributed by atoms with Gasteiger partial charge in [0.15, 0.2) is 0 Å². The third-order valence-electron chi connectivity index (χ3n) is 5.38. The molecule has 2 fully saturated rings. The second kappa shape index (κ2) is 9.71. The Kier molecular flexibility index (Phi) is 7.06. The predicted octanol–water partition coefficient (Wildman–Crippen LogP) is 2.88. The molecule has 0 unspecified atom stereocenters. The minimum atomic E-state index is -0.255. The van der Waals surface area contributed by atoms with E-state index in [1.54, 1.807) is 11.0 Å². The number of amides is 2. The first-order valence-corrected chi connectivity index (χ1v) is 10.4. The second-order valence-electron chi connectivity index (χ2n) is 7.63. The van der Waals surface area contributed by atoms with Gasteiger partial charge < -0.3 is 20.3 Å². The zero-order valence-corrected chi connectivity index (χ0v) is 16.9. The van der Waals surface area contributed by atoms with Gasteiger partial charge >= 0.3 is 6.09 Å². The van der Waals surface area contributed by atoms with Crippen LogP contribution in [0.5, 0.6) is 0 Å². The molecule has 28 heavy (non-hydrogen) atoms. The number of hydrogen-bond donors (Lipinski definition) is 2. The van der Waals surface area contributed by atoms with Crippen LogP contribution in [0, 0.1) is 6.92 Å². The molecule has 3 rings (SSSR count). The maximum atomic E-state index is 12.6. The molecule has 0 aromatic carbocycles. The Morgan fingerprint density at radius 1 is 1.11 bits per heavy atom. The number of piperidine rings is 1. The lowest BCUT2D eigenvalue weighted by atomic mass is 9.95. The van der Waals surface area contributed by atoms with E-state index < -0.39 is 0 Å². The standard InChI is InChI=1S/C20H31N5O3/c1-3-28-20(27)25-11-9-16(10-12-25)23-19-21-14(2)13-17(24-19)18(26)22-15-7-5-4-6-8-15/h13,15-16H,3-12H2,1-2H3,(H,22,26)(H,21,23,24). The van der Waals surface area contributed by atoms with Gasteiger partial charge in [0, 0.05) is 30.9 Å². The Morgan fingerprint density at radius 3 is 2.50 bits per heavy atom. The summed E-state index contributed by atoms with van der Waals surface area (Å²) >= 11 is 0. The first-order valence-electron chi connectivity index (χ1n) is 10.4. The first-order chi connectivity index (χ1) is 13.5. The Balaban J connectivity index is 1.56. The van der Waals surface area contributed by atoms with Gasteiger partial charge in [0.2, 0.25) is 5.95 Å². The van der Waals surface area contributed by atoms with Crippen LogP contribution in [0.25, 0.3) is 0 Å². The van der Waals surface area contributed by atoms with Crippen molar-refractivity contribution in [2.75, 3.05) is 25.0 Å². The molecule has 8 heteroatoms. The Bertz CT molecular complexity index is 682. The molecule has 1 aromatic heterocycles. The van der Waals surface area contributed by atoms with Crippen molar-refractivity contribution in [3.8, 4) is 0 Å². The molecule has 2 amide bonds. The molecule has 1 aliphatic carbocycles. The van der Waals surface area contributed by atoms with E-state index in [0.717, 1.165) is 31.4 Å². The highest BCUT2D eigenvalue weighted by Gasteiger charge is 2.24. The zero-order chi connectivity index (χ0) is 19.9. The van der Waals surface area contributed by atoms with Crippen molar-refractivity contribution >= 4 is 17.9 Å². The van der Waals surface area contributed by atoms with E-state index in [2.05, 4.69) is 20.6 Å². The van der Waals surface area contributed by atoms with Gasteiger partial charge in [0.25, 0.3) is 5.91 Å². The number of nitrogens with zero attached hydrogens (tertiary/aromatic N) is 3.